The first-order valence-corrected chi connectivity index (χ1v) is 8.04. The first-order chi connectivity index (χ1) is 9.49. The normalized spacial score (nSPS) is 22.9. The molecule has 2 unspecified atom stereocenters. The van der Waals surface area contributed by atoms with E-state index >= 15 is 0 Å². The second-order valence-electron chi connectivity index (χ2n) is 5.90. The van der Waals surface area contributed by atoms with Gasteiger partial charge in [-0.25, -0.2) is 4.39 Å². The van der Waals surface area contributed by atoms with E-state index in [2.05, 4.69) is 35.1 Å². The van der Waals surface area contributed by atoms with Crippen molar-refractivity contribution in [3.05, 3.63) is 34.1 Å². The third-order valence-corrected chi connectivity index (χ3v) is 4.66. The fourth-order valence-corrected chi connectivity index (χ4v) is 3.42. The molecule has 2 atom stereocenters. The van der Waals surface area contributed by atoms with E-state index in [-0.39, 0.29) is 17.5 Å². The Morgan fingerprint density at radius 1 is 1.35 bits per heavy atom. The minimum Gasteiger partial charge on any atom is -0.349 e. The third kappa shape index (κ3) is 3.60. The number of carbonyl (C=O) groups is 1. The summed E-state index contributed by atoms with van der Waals surface area (Å²) < 4.78 is 14.5. The summed E-state index contributed by atoms with van der Waals surface area (Å²) in [5.41, 5.74) is 0.118. The van der Waals surface area contributed by atoms with Crippen LogP contribution in [0.1, 0.15) is 49.9 Å². The minimum absolute atomic E-state index is 0.118. The van der Waals surface area contributed by atoms with Crippen LogP contribution in [0, 0.1) is 17.7 Å². The highest BCUT2D eigenvalue weighted by atomic mass is 79.9. The van der Waals surface area contributed by atoms with Gasteiger partial charge < -0.3 is 5.32 Å². The molecule has 0 bridgehead atoms. The predicted molar refractivity (Wildman–Crippen MR) is 82.2 cm³/mol. The lowest BCUT2D eigenvalue weighted by Crippen LogP contribution is -2.44. The van der Waals surface area contributed by atoms with E-state index in [9.17, 15) is 9.18 Å². The number of carbonyl (C=O) groups excluding carboxylic acids is 1. The van der Waals surface area contributed by atoms with E-state index in [0.29, 0.717) is 16.3 Å². The van der Waals surface area contributed by atoms with Gasteiger partial charge in [0.15, 0.2) is 0 Å². The first-order valence-electron chi connectivity index (χ1n) is 7.25. The van der Waals surface area contributed by atoms with Gasteiger partial charge in [0.05, 0.1) is 5.56 Å². The Morgan fingerprint density at radius 2 is 2.05 bits per heavy atom. The average molecular weight is 342 g/mol. The van der Waals surface area contributed by atoms with Crippen LogP contribution in [-0.4, -0.2) is 11.9 Å². The highest BCUT2D eigenvalue weighted by Crippen LogP contribution is 2.30. The molecule has 2 rings (SSSR count). The number of benzene rings is 1. The molecule has 1 fully saturated rings. The van der Waals surface area contributed by atoms with Gasteiger partial charge in [0.1, 0.15) is 5.82 Å². The molecule has 0 saturated heterocycles. The van der Waals surface area contributed by atoms with Gasteiger partial charge in [0.2, 0.25) is 0 Å². The maximum Gasteiger partial charge on any atom is 0.254 e. The van der Waals surface area contributed by atoms with Crippen molar-refractivity contribution in [3.63, 3.8) is 0 Å². The summed E-state index contributed by atoms with van der Waals surface area (Å²) >= 11 is 3.28. The van der Waals surface area contributed by atoms with Crippen LogP contribution in [0.4, 0.5) is 4.39 Å². The van der Waals surface area contributed by atoms with Crippen molar-refractivity contribution in [2.45, 2.75) is 45.6 Å². The molecular formula is C16H21BrFNO. The van der Waals surface area contributed by atoms with Gasteiger partial charge in [-0.3, -0.25) is 4.79 Å². The second-order valence-corrected chi connectivity index (χ2v) is 6.81. The summed E-state index contributed by atoms with van der Waals surface area (Å²) in [6.07, 6.45) is 4.49. The monoisotopic (exact) mass is 341 g/mol. The van der Waals surface area contributed by atoms with Crippen LogP contribution in [-0.2, 0) is 0 Å². The molecule has 1 aromatic carbocycles. The molecule has 1 amide bonds. The third-order valence-electron chi connectivity index (χ3n) is 4.17. The number of amides is 1. The maximum absolute atomic E-state index is 13.7. The molecule has 1 N–H and O–H groups in total. The number of hydrogen-bond acceptors (Lipinski definition) is 1. The maximum atomic E-state index is 13.7. The highest BCUT2D eigenvalue weighted by Gasteiger charge is 2.29. The standard InChI is InChI=1S/C16H21BrFNO/c1-10(2)12-5-3-4-6-15(12)19-16(20)13-9-11(17)7-8-14(13)18/h7-10,12,15H,3-6H2,1-2H3,(H,19,20). The van der Waals surface area contributed by atoms with Crippen molar-refractivity contribution in [1.29, 1.82) is 0 Å². The van der Waals surface area contributed by atoms with E-state index < -0.39 is 5.82 Å². The molecule has 0 aliphatic heterocycles. The fourth-order valence-electron chi connectivity index (χ4n) is 3.05. The molecule has 0 aromatic heterocycles. The van der Waals surface area contributed by atoms with Crippen LogP contribution in [0.15, 0.2) is 22.7 Å². The topological polar surface area (TPSA) is 29.1 Å². The Hall–Kier alpha value is -0.900. The van der Waals surface area contributed by atoms with Gasteiger partial charge >= 0.3 is 0 Å². The number of nitrogens with one attached hydrogen (secondary N) is 1. The van der Waals surface area contributed by atoms with Gasteiger partial charge in [-0.15, -0.1) is 0 Å². The summed E-state index contributed by atoms with van der Waals surface area (Å²) in [6, 6.07) is 4.62. The van der Waals surface area contributed by atoms with E-state index in [1.54, 1.807) is 6.07 Å². The number of rotatable bonds is 3. The quantitative estimate of drug-likeness (QED) is 0.859. The van der Waals surface area contributed by atoms with Crippen LogP contribution >= 0.6 is 15.9 Å². The average Bonchev–Trinajstić information content (AvgIpc) is 2.41. The van der Waals surface area contributed by atoms with E-state index in [0.717, 1.165) is 19.3 Å². The Morgan fingerprint density at radius 3 is 2.75 bits per heavy atom. The summed E-state index contributed by atoms with van der Waals surface area (Å²) in [5, 5.41) is 3.03. The zero-order chi connectivity index (χ0) is 14.7. The molecule has 0 heterocycles. The first kappa shape index (κ1) is 15.5. The van der Waals surface area contributed by atoms with Crippen molar-refractivity contribution in [1.82, 2.24) is 5.32 Å². The fraction of sp³-hybridized carbons (Fsp3) is 0.562. The summed E-state index contributed by atoms with van der Waals surface area (Å²) in [7, 11) is 0. The second kappa shape index (κ2) is 6.70. The summed E-state index contributed by atoms with van der Waals surface area (Å²) in [6.45, 7) is 4.38. The lowest BCUT2D eigenvalue weighted by molar-refractivity contribution is 0.0885. The van der Waals surface area contributed by atoms with E-state index in [1.807, 2.05) is 0 Å². The smallest absolute Gasteiger partial charge is 0.254 e. The van der Waals surface area contributed by atoms with Crippen LogP contribution < -0.4 is 5.32 Å². The molecule has 0 radical (unpaired) electrons. The molecule has 1 aromatic rings. The molecule has 1 aliphatic rings. The molecule has 20 heavy (non-hydrogen) atoms. The Balaban J connectivity index is 2.11. The molecule has 2 nitrogen and oxygen atoms in total. The summed E-state index contributed by atoms with van der Waals surface area (Å²) in [5.74, 6) is 0.250. The van der Waals surface area contributed by atoms with Gasteiger partial charge in [-0.1, -0.05) is 42.6 Å². The van der Waals surface area contributed by atoms with Gasteiger partial charge in [0, 0.05) is 10.5 Å². The molecule has 110 valence electrons. The SMILES string of the molecule is CC(C)C1CCCCC1NC(=O)c1cc(Br)ccc1F. The molecule has 0 spiro atoms. The Labute approximate surface area is 128 Å². The predicted octanol–water partition coefficient (Wildman–Crippen LogP) is 4.53. The molecule has 4 heteroatoms. The van der Waals surface area contributed by atoms with Gasteiger partial charge in [-0.05, 0) is 42.9 Å². The van der Waals surface area contributed by atoms with Gasteiger partial charge in [0.25, 0.3) is 5.91 Å². The zero-order valence-electron chi connectivity index (χ0n) is 12.0. The van der Waals surface area contributed by atoms with Crippen molar-refractivity contribution in [2.24, 2.45) is 11.8 Å². The molecule has 1 aliphatic carbocycles. The van der Waals surface area contributed by atoms with Crippen molar-refractivity contribution >= 4 is 21.8 Å². The van der Waals surface area contributed by atoms with Crippen LogP contribution in [0.25, 0.3) is 0 Å². The van der Waals surface area contributed by atoms with E-state index in [4.69, 9.17) is 0 Å². The van der Waals surface area contributed by atoms with Crippen molar-refractivity contribution in [2.75, 3.05) is 0 Å². The van der Waals surface area contributed by atoms with Gasteiger partial charge in [-0.2, -0.15) is 0 Å². The highest BCUT2D eigenvalue weighted by molar-refractivity contribution is 9.10. The van der Waals surface area contributed by atoms with Crippen molar-refractivity contribution < 1.29 is 9.18 Å². The zero-order valence-corrected chi connectivity index (χ0v) is 13.5. The lowest BCUT2D eigenvalue weighted by Gasteiger charge is -2.34. The largest absolute Gasteiger partial charge is 0.349 e. The Kier molecular flexibility index (Phi) is 5.19. The Bertz CT molecular complexity index is 489. The van der Waals surface area contributed by atoms with Crippen LogP contribution in [0.3, 0.4) is 0 Å². The molecule has 1 saturated carbocycles. The molecular weight excluding hydrogens is 321 g/mol. The van der Waals surface area contributed by atoms with Crippen molar-refractivity contribution in [3.8, 4) is 0 Å². The summed E-state index contributed by atoms with van der Waals surface area (Å²) in [4.78, 5) is 12.3. The lowest BCUT2D eigenvalue weighted by atomic mass is 9.78. The number of halogens is 2. The number of hydrogen-bond donors (Lipinski definition) is 1. The van der Waals surface area contributed by atoms with Crippen LogP contribution in [0.2, 0.25) is 0 Å². The van der Waals surface area contributed by atoms with E-state index in [1.165, 1.54) is 18.6 Å². The van der Waals surface area contributed by atoms with Crippen LogP contribution in [0.5, 0.6) is 0 Å². The minimum atomic E-state index is -0.470.